The van der Waals surface area contributed by atoms with Crippen LogP contribution in [0.25, 0.3) is 10.9 Å². The number of nitrogens with one attached hydrogen (secondary N) is 2. The van der Waals surface area contributed by atoms with Crippen molar-refractivity contribution in [3.8, 4) is 17.7 Å². The van der Waals surface area contributed by atoms with Gasteiger partial charge in [0, 0.05) is 48.6 Å². The zero-order chi connectivity index (χ0) is 33.3. The number of benzene rings is 1. The number of carbonyl (C=O) groups is 4. The maximum Gasteiger partial charge on any atom is 0.490 e. The zero-order valence-corrected chi connectivity index (χ0v) is 23.1. The lowest BCUT2D eigenvalue weighted by Gasteiger charge is -2.26. The molecule has 3 aromatic rings. The second kappa shape index (κ2) is 14.6. The van der Waals surface area contributed by atoms with Gasteiger partial charge in [0.2, 0.25) is 17.7 Å². The first-order valence-corrected chi connectivity index (χ1v) is 13.1. The van der Waals surface area contributed by atoms with E-state index in [4.69, 9.17) is 19.7 Å². The summed E-state index contributed by atoms with van der Waals surface area (Å²) in [6.07, 6.45) is -1.64. The first kappa shape index (κ1) is 33.8. The molecule has 2 amide bonds. The van der Waals surface area contributed by atoms with Crippen LogP contribution in [0.5, 0.6) is 11.6 Å². The molecule has 238 valence electrons. The molecule has 0 spiro atoms. The third-order valence-corrected chi connectivity index (χ3v) is 6.44. The smallest absolute Gasteiger partial charge is 0.481 e. The van der Waals surface area contributed by atoms with Crippen LogP contribution in [0.2, 0.25) is 0 Å². The maximum absolute atomic E-state index is 13.4. The molecule has 4 rings (SSSR count). The van der Waals surface area contributed by atoms with Crippen molar-refractivity contribution in [1.29, 1.82) is 5.26 Å². The molecular weight excluding hydrogens is 609 g/mol. The molecule has 1 aliphatic heterocycles. The van der Waals surface area contributed by atoms with Crippen molar-refractivity contribution in [2.45, 2.75) is 50.4 Å². The number of aromatic amines is 1. The zero-order valence-electron chi connectivity index (χ0n) is 23.1. The average molecular weight is 635 g/mol. The molecule has 4 N–H and O–H groups in total. The van der Waals surface area contributed by atoms with E-state index in [0.29, 0.717) is 36.1 Å². The lowest BCUT2D eigenvalue weighted by Crippen LogP contribution is -2.50. The Balaban J connectivity index is 0.000000707. The van der Waals surface area contributed by atoms with Crippen molar-refractivity contribution in [2.24, 2.45) is 0 Å². The van der Waals surface area contributed by atoms with Crippen LogP contribution in [-0.4, -0.2) is 78.6 Å². The summed E-state index contributed by atoms with van der Waals surface area (Å²) in [6.45, 7) is 0.396. The Kier molecular flexibility index (Phi) is 11.0. The summed E-state index contributed by atoms with van der Waals surface area (Å²) in [4.78, 5) is 64.4. The summed E-state index contributed by atoms with van der Waals surface area (Å²) >= 11 is 0. The molecular formula is C27H25F3N6O9. The Morgan fingerprint density at radius 3 is 2.51 bits per heavy atom. The van der Waals surface area contributed by atoms with Gasteiger partial charge in [-0.15, -0.1) is 0 Å². The second-order valence-corrected chi connectivity index (χ2v) is 9.57. The molecule has 1 fully saturated rings. The number of ether oxygens (including phenoxy) is 1. The fraction of sp³-hybridized carbons (Fsp3) is 0.333. The molecule has 0 unspecified atom stereocenters. The van der Waals surface area contributed by atoms with E-state index in [9.17, 15) is 42.9 Å². The van der Waals surface area contributed by atoms with Crippen molar-refractivity contribution in [3.63, 3.8) is 0 Å². The number of aromatic nitrogens is 2. The number of aliphatic carboxylic acids is 2. The van der Waals surface area contributed by atoms with Gasteiger partial charge in [-0.3, -0.25) is 24.5 Å². The van der Waals surface area contributed by atoms with Crippen LogP contribution in [0.3, 0.4) is 0 Å². The number of carboxylic acids is 2. The van der Waals surface area contributed by atoms with Crippen molar-refractivity contribution < 1.29 is 52.2 Å². The molecule has 45 heavy (non-hydrogen) atoms. The number of halogens is 3. The fourth-order valence-electron chi connectivity index (χ4n) is 4.32. The standard InChI is InChI=1S/C25H24N6O7.C2HF3O2/c26-12-16-2-1-9-30(16)25(35)21(29-22(32)6-8-24(33)34)10-15-13-27-20-5-4-18(11-19(15)20)38-23-7-3-17(14-28-23)31(36)37;3-2(4,5)1(6)7/h3-5,7,11,13-14,16,21,27H,1-2,6,8-10H2,(H,29,32)(H,33,34);(H,6,7)/t16-,21-;/m0./s1. The van der Waals surface area contributed by atoms with Gasteiger partial charge >= 0.3 is 18.1 Å². The number of H-pyrrole nitrogens is 1. The Labute approximate surface area is 251 Å². The maximum atomic E-state index is 13.4. The van der Waals surface area contributed by atoms with Crippen molar-refractivity contribution >= 4 is 40.3 Å². The Hall–Kier alpha value is -5.73. The molecule has 0 saturated carbocycles. The summed E-state index contributed by atoms with van der Waals surface area (Å²) < 4.78 is 37.5. The topological polar surface area (TPSA) is 229 Å². The van der Waals surface area contributed by atoms with Crippen molar-refractivity contribution in [2.75, 3.05) is 6.54 Å². The van der Waals surface area contributed by atoms with Gasteiger partial charge < -0.3 is 30.2 Å². The number of amides is 2. The molecule has 15 nitrogen and oxygen atoms in total. The van der Waals surface area contributed by atoms with E-state index >= 15 is 0 Å². The highest BCUT2D eigenvalue weighted by atomic mass is 19.4. The van der Waals surface area contributed by atoms with Gasteiger partial charge in [0.1, 0.15) is 24.0 Å². The number of nitro groups is 1. The van der Waals surface area contributed by atoms with Crippen LogP contribution in [0.15, 0.2) is 42.7 Å². The van der Waals surface area contributed by atoms with Gasteiger partial charge in [-0.2, -0.15) is 18.4 Å². The normalized spacial score (nSPS) is 14.9. The molecule has 0 aliphatic carbocycles. The third kappa shape index (κ3) is 9.38. The minimum atomic E-state index is -5.08. The van der Waals surface area contributed by atoms with Gasteiger partial charge in [0.15, 0.2) is 0 Å². The fourth-order valence-corrected chi connectivity index (χ4v) is 4.32. The molecule has 0 radical (unpaired) electrons. The van der Waals surface area contributed by atoms with E-state index < -0.39 is 46.9 Å². The SMILES string of the molecule is N#C[C@@H]1CCCN1C(=O)[C@H](Cc1c[nH]c2ccc(Oc3ccc([N+](=O)[O-])cn3)cc12)NC(=O)CCC(=O)O.O=C(O)C(F)(F)F. The van der Waals surface area contributed by atoms with Gasteiger partial charge in [-0.25, -0.2) is 9.78 Å². The van der Waals surface area contributed by atoms with Crippen LogP contribution in [0.1, 0.15) is 31.2 Å². The summed E-state index contributed by atoms with van der Waals surface area (Å²) in [6, 6.07) is 8.34. The van der Waals surface area contributed by atoms with Crippen LogP contribution in [0.4, 0.5) is 18.9 Å². The number of pyridine rings is 1. The van der Waals surface area contributed by atoms with Gasteiger partial charge in [-0.05, 0) is 36.6 Å². The quantitative estimate of drug-likeness (QED) is 0.187. The number of rotatable bonds is 10. The minimum absolute atomic E-state index is 0.0888. The summed E-state index contributed by atoms with van der Waals surface area (Å²) in [7, 11) is 0. The van der Waals surface area contributed by atoms with E-state index in [0.717, 1.165) is 11.7 Å². The summed E-state index contributed by atoms with van der Waals surface area (Å²) in [5.74, 6) is -4.31. The molecule has 0 bridgehead atoms. The number of likely N-dealkylation sites (tertiary alicyclic amines) is 1. The molecule has 3 heterocycles. The Bertz CT molecular complexity index is 1620. The predicted octanol–water partition coefficient (Wildman–Crippen LogP) is 3.30. The number of carbonyl (C=O) groups excluding carboxylic acids is 2. The molecule has 2 atom stereocenters. The van der Waals surface area contributed by atoms with Crippen LogP contribution in [-0.2, 0) is 25.6 Å². The lowest BCUT2D eigenvalue weighted by atomic mass is 10.0. The number of fused-ring (bicyclic) bond motifs is 1. The van der Waals surface area contributed by atoms with Gasteiger partial charge in [0.05, 0.1) is 17.4 Å². The number of hydrogen-bond donors (Lipinski definition) is 4. The number of hydrogen-bond acceptors (Lipinski definition) is 9. The number of carboxylic acid groups (broad SMARTS) is 2. The highest BCUT2D eigenvalue weighted by Crippen LogP contribution is 2.29. The predicted molar refractivity (Wildman–Crippen MR) is 146 cm³/mol. The minimum Gasteiger partial charge on any atom is -0.481 e. The van der Waals surface area contributed by atoms with E-state index in [1.54, 1.807) is 24.4 Å². The Morgan fingerprint density at radius 1 is 1.22 bits per heavy atom. The average Bonchev–Trinajstić information content (AvgIpc) is 3.62. The van der Waals surface area contributed by atoms with Crippen molar-refractivity contribution in [1.82, 2.24) is 20.2 Å². The highest BCUT2D eigenvalue weighted by Gasteiger charge is 2.38. The molecule has 2 aromatic heterocycles. The monoisotopic (exact) mass is 634 g/mol. The second-order valence-electron chi connectivity index (χ2n) is 9.57. The van der Waals surface area contributed by atoms with Crippen LogP contribution >= 0.6 is 0 Å². The summed E-state index contributed by atoms with van der Waals surface area (Å²) in [5.41, 5.74) is 1.26. The van der Waals surface area contributed by atoms with Gasteiger partial charge in [-0.1, -0.05) is 0 Å². The first-order valence-electron chi connectivity index (χ1n) is 13.1. The largest absolute Gasteiger partial charge is 0.490 e. The van der Waals surface area contributed by atoms with Crippen LogP contribution < -0.4 is 10.1 Å². The molecule has 1 saturated heterocycles. The van der Waals surface area contributed by atoms with E-state index in [2.05, 4.69) is 21.4 Å². The molecule has 18 heteroatoms. The number of nitrogens with zero attached hydrogens (tertiary/aromatic N) is 4. The van der Waals surface area contributed by atoms with Crippen LogP contribution in [0, 0.1) is 21.4 Å². The molecule has 1 aromatic carbocycles. The third-order valence-electron chi connectivity index (χ3n) is 6.44. The number of nitriles is 1. The van der Waals surface area contributed by atoms with E-state index in [1.165, 1.54) is 17.0 Å². The lowest BCUT2D eigenvalue weighted by molar-refractivity contribution is -0.385. The number of alkyl halides is 3. The summed E-state index contributed by atoms with van der Waals surface area (Å²) in [5, 5.41) is 39.7. The molecule has 1 aliphatic rings. The Morgan fingerprint density at radius 2 is 1.93 bits per heavy atom. The highest BCUT2D eigenvalue weighted by molar-refractivity contribution is 5.91. The first-order chi connectivity index (χ1) is 21.2. The van der Waals surface area contributed by atoms with E-state index in [1.807, 2.05) is 0 Å². The van der Waals surface area contributed by atoms with Gasteiger partial charge in [0.25, 0.3) is 5.69 Å². The van der Waals surface area contributed by atoms with E-state index in [-0.39, 0.29) is 30.8 Å². The van der Waals surface area contributed by atoms with Crippen molar-refractivity contribution in [3.05, 3.63) is 58.4 Å².